The van der Waals surface area contributed by atoms with Gasteiger partial charge in [-0.15, -0.1) is 0 Å². The maximum Gasteiger partial charge on any atom is 0.0386 e. The van der Waals surface area contributed by atoms with Crippen LogP contribution in [0.4, 0.5) is 11.4 Å². The number of rotatable bonds is 5. The van der Waals surface area contributed by atoms with E-state index < -0.39 is 0 Å². The standard InChI is InChI=1S/C14H24N2/c1-5-16(9-8-11(2)3)13-7-6-12(4)14(15)10-13/h6-7,10-11H,5,8-9,15H2,1-4H3. The molecule has 2 N–H and O–H groups in total. The fourth-order valence-electron chi connectivity index (χ4n) is 1.71. The van der Waals surface area contributed by atoms with E-state index in [4.69, 9.17) is 5.73 Å². The van der Waals surface area contributed by atoms with Crippen molar-refractivity contribution in [2.24, 2.45) is 5.92 Å². The normalized spacial score (nSPS) is 10.8. The van der Waals surface area contributed by atoms with Gasteiger partial charge in [0.2, 0.25) is 0 Å². The molecule has 0 aromatic heterocycles. The number of nitrogen functional groups attached to an aromatic ring is 1. The van der Waals surface area contributed by atoms with Crippen LogP contribution >= 0.6 is 0 Å². The van der Waals surface area contributed by atoms with Crippen LogP contribution in [0.1, 0.15) is 32.8 Å². The molecule has 0 saturated heterocycles. The third-order valence-electron chi connectivity index (χ3n) is 2.99. The summed E-state index contributed by atoms with van der Waals surface area (Å²) < 4.78 is 0. The summed E-state index contributed by atoms with van der Waals surface area (Å²) in [5.74, 6) is 0.747. The quantitative estimate of drug-likeness (QED) is 0.770. The summed E-state index contributed by atoms with van der Waals surface area (Å²) in [7, 11) is 0. The van der Waals surface area contributed by atoms with Crippen molar-refractivity contribution < 1.29 is 0 Å². The van der Waals surface area contributed by atoms with Gasteiger partial charge in [0.05, 0.1) is 0 Å². The third-order valence-corrected chi connectivity index (χ3v) is 2.99. The van der Waals surface area contributed by atoms with Crippen LogP contribution in [-0.2, 0) is 0 Å². The van der Waals surface area contributed by atoms with Gasteiger partial charge in [-0.3, -0.25) is 0 Å². The highest BCUT2D eigenvalue weighted by Crippen LogP contribution is 2.21. The fraction of sp³-hybridized carbons (Fsp3) is 0.571. The summed E-state index contributed by atoms with van der Waals surface area (Å²) in [6.45, 7) is 10.9. The number of aryl methyl sites for hydroxylation is 1. The van der Waals surface area contributed by atoms with Crippen molar-refractivity contribution in [3.8, 4) is 0 Å². The fourth-order valence-corrected chi connectivity index (χ4v) is 1.71. The molecule has 0 saturated carbocycles. The second-order valence-corrected chi connectivity index (χ2v) is 4.80. The summed E-state index contributed by atoms with van der Waals surface area (Å²) in [5, 5.41) is 0. The molecule has 0 radical (unpaired) electrons. The zero-order valence-corrected chi connectivity index (χ0v) is 11.0. The molecule has 90 valence electrons. The smallest absolute Gasteiger partial charge is 0.0386 e. The van der Waals surface area contributed by atoms with Gasteiger partial charge in [-0.1, -0.05) is 19.9 Å². The molecule has 1 rings (SSSR count). The SMILES string of the molecule is CCN(CCC(C)C)c1ccc(C)c(N)c1. The Bertz CT molecular complexity index is 332. The Labute approximate surface area is 99.5 Å². The number of benzene rings is 1. The summed E-state index contributed by atoms with van der Waals surface area (Å²) in [5.41, 5.74) is 9.23. The molecule has 1 aromatic carbocycles. The zero-order chi connectivity index (χ0) is 12.1. The molecule has 0 bridgehead atoms. The molecule has 1 aromatic rings. The molecular weight excluding hydrogens is 196 g/mol. The highest BCUT2D eigenvalue weighted by molar-refractivity contribution is 5.59. The van der Waals surface area contributed by atoms with E-state index in [0.717, 1.165) is 30.3 Å². The van der Waals surface area contributed by atoms with E-state index in [0.29, 0.717) is 0 Å². The molecule has 0 fully saturated rings. The van der Waals surface area contributed by atoms with Crippen LogP contribution in [0, 0.1) is 12.8 Å². The van der Waals surface area contributed by atoms with Crippen LogP contribution in [-0.4, -0.2) is 13.1 Å². The molecule has 0 aliphatic rings. The highest BCUT2D eigenvalue weighted by atomic mass is 15.1. The molecular formula is C14H24N2. The molecule has 0 aliphatic heterocycles. The first-order valence-electron chi connectivity index (χ1n) is 6.15. The van der Waals surface area contributed by atoms with Gasteiger partial charge in [0, 0.05) is 24.5 Å². The van der Waals surface area contributed by atoms with Crippen LogP contribution in [0.3, 0.4) is 0 Å². The Morgan fingerprint density at radius 2 is 2.00 bits per heavy atom. The van der Waals surface area contributed by atoms with Gasteiger partial charge in [0.1, 0.15) is 0 Å². The molecule has 0 atom stereocenters. The number of hydrogen-bond acceptors (Lipinski definition) is 2. The number of nitrogens with zero attached hydrogens (tertiary/aromatic N) is 1. The van der Waals surface area contributed by atoms with Gasteiger partial charge in [-0.2, -0.15) is 0 Å². The minimum absolute atomic E-state index is 0.747. The van der Waals surface area contributed by atoms with E-state index in [1.165, 1.54) is 12.1 Å². The molecule has 0 amide bonds. The van der Waals surface area contributed by atoms with E-state index in [9.17, 15) is 0 Å². The van der Waals surface area contributed by atoms with Crippen molar-refractivity contribution in [1.29, 1.82) is 0 Å². The van der Waals surface area contributed by atoms with E-state index in [1.54, 1.807) is 0 Å². The first kappa shape index (κ1) is 12.9. The summed E-state index contributed by atoms with van der Waals surface area (Å²) in [4.78, 5) is 2.38. The van der Waals surface area contributed by atoms with E-state index >= 15 is 0 Å². The Morgan fingerprint density at radius 1 is 1.31 bits per heavy atom. The van der Waals surface area contributed by atoms with Crippen molar-refractivity contribution in [2.75, 3.05) is 23.7 Å². The average molecular weight is 220 g/mol. The molecule has 0 spiro atoms. The minimum Gasteiger partial charge on any atom is -0.398 e. The van der Waals surface area contributed by atoms with Gasteiger partial charge in [-0.25, -0.2) is 0 Å². The van der Waals surface area contributed by atoms with Crippen molar-refractivity contribution >= 4 is 11.4 Å². The van der Waals surface area contributed by atoms with Crippen LogP contribution < -0.4 is 10.6 Å². The Hall–Kier alpha value is -1.18. The van der Waals surface area contributed by atoms with Crippen LogP contribution in [0.15, 0.2) is 18.2 Å². The number of nitrogens with two attached hydrogens (primary N) is 1. The average Bonchev–Trinajstić information content (AvgIpc) is 2.23. The second-order valence-electron chi connectivity index (χ2n) is 4.80. The van der Waals surface area contributed by atoms with Crippen molar-refractivity contribution in [3.05, 3.63) is 23.8 Å². The van der Waals surface area contributed by atoms with Crippen LogP contribution in [0.2, 0.25) is 0 Å². The van der Waals surface area contributed by atoms with Gasteiger partial charge in [0.15, 0.2) is 0 Å². The topological polar surface area (TPSA) is 29.3 Å². The van der Waals surface area contributed by atoms with Crippen molar-refractivity contribution in [2.45, 2.75) is 34.1 Å². The zero-order valence-electron chi connectivity index (χ0n) is 11.0. The predicted octanol–water partition coefficient (Wildman–Crippen LogP) is 3.45. The largest absolute Gasteiger partial charge is 0.398 e. The highest BCUT2D eigenvalue weighted by Gasteiger charge is 2.06. The Morgan fingerprint density at radius 3 is 2.50 bits per heavy atom. The summed E-state index contributed by atoms with van der Waals surface area (Å²) in [6, 6.07) is 6.34. The molecule has 0 aliphatic carbocycles. The third kappa shape index (κ3) is 3.44. The Balaban J connectivity index is 2.74. The maximum absolute atomic E-state index is 5.94. The van der Waals surface area contributed by atoms with Crippen LogP contribution in [0.25, 0.3) is 0 Å². The first-order chi connectivity index (χ1) is 7.54. The van der Waals surface area contributed by atoms with E-state index in [1.807, 2.05) is 6.92 Å². The van der Waals surface area contributed by atoms with E-state index in [-0.39, 0.29) is 0 Å². The van der Waals surface area contributed by atoms with Gasteiger partial charge < -0.3 is 10.6 Å². The lowest BCUT2D eigenvalue weighted by Gasteiger charge is -2.24. The maximum atomic E-state index is 5.94. The van der Waals surface area contributed by atoms with Gasteiger partial charge >= 0.3 is 0 Å². The summed E-state index contributed by atoms with van der Waals surface area (Å²) in [6.07, 6.45) is 1.22. The van der Waals surface area contributed by atoms with Crippen LogP contribution in [0.5, 0.6) is 0 Å². The van der Waals surface area contributed by atoms with Gasteiger partial charge in [0.25, 0.3) is 0 Å². The lowest BCUT2D eigenvalue weighted by molar-refractivity contribution is 0.576. The predicted molar refractivity (Wildman–Crippen MR) is 72.9 cm³/mol. The first-order valence-corrected chi connectivity index (χ1v) is 6.15. The lowest BCUT2D eigenvalue weighted by Crippen LogP contribution is -2.25. The lowest BCUT2D eigenvalue weighted by atomic mass is 10.1. The molecule has 0 heterocycles. The molecule has 16 heavy (non-hydrogen) atoms. The minimum atomic E-state index is 0.747. The second kappa shape index (κ2) is 5.78. The number of anilines is 2. The molecule has 2 heteroatoms. The Kier molecular flexibility index (Phi) is 4.66. The van der Waals surface area contributed by atoms with Crippen molar-refractivity contribution in [1.82, 2.24) is 0 Å². The monoisotopic (exact) mass is 220 g/mol. The van der Waals surface area contributed by atoms with Gasteiger partial charge in [-0.05, 0) is 43.9 Å². The molecule has 0 unspecified atom stereocenters. The number of hydrogen-bond donors (Lipinski definition) is 1. The molecule has 2 nitrogen and oxygen atoms in total. The van der Waals surface area contributed by atoms with Crippen molar-refractivity contribution in [3.63, 3.8) is 0 Å². The summed E-state index contributed by atoms with van der Waals surface area (Å²) >= 11 is 0. The van der Waals surface area contributed by atoms with E-state index in [2.05, 4.69) is 43.9 Å².